The molecule has 1 atom stereocenters. The van der Waals surface area contributed by atoms with Crippen LogP contribution < -0.4 is 0 Å². The maximum atomic E-state index is 12.7. The van der Waals surface area contributed by atoms with Crippen LogP contribution in [0.5, 0.6) is 0 Å². The van der Waals surface area contributed by atoms with Crippen molar-refractivity contribution in [1.82, 2.24) is 4.90 Å². The Morgan fingerprint density at radius 1 is 1.12 bits per heavy atom. The van der Waals surface area contributed by atoms with Gasteiger partial charge in [-0.05, 0) is 23.8 Å². The van der Waals surface area contributed by atoms with Gasteiger partial charge < -0.3 is 4.74 Å². The molecule has 1 heterocycles. The number of ether oxygens (including phenoxy) is 1. The molecule has 5 heteroatoms. The molecule has 128 valence electrons. The molecule has 1 saturated heterocycles. The maximum absolute atomic E-state index is 12.7. The Morgan fingerprint density at radius 2 is 1.71 bits per heavy atom. The predicted octanol–water partition coefficient (Wildman–Crippen LogP) is 2.48. The first kappa shape index (κ1) is 16.7. The third-order valence-corrected chi connectivity index (χ3v) is 5.31. The Morgan fingerprint density at radius 3 is 2.25 bits per heavy atom. The highest BCUT2D eigenvalue weighted by Crippen LogP contribution is 2.47. The maximum Gasteiger partial charge on any atom is 0.329 e. The summed E-state index contributed by atoms with van der Waals surface area (Å²) in [4.78, 5) is 38.8. The van der Waals surface area contributed by atoms with Gasteiger partial charge >= 0.3 is 5.97 Å². The van der Waals surface area contributed by atoms with Crippen LogP contribution in [-0.2, 0) is 25.5 Å². The number of esters is 1. The first-order valence-corrected chi connectivity index (χ1v) is 8.51. The number of benzene rings is 1. The topological polar surface area (TPSA) is 63.7 Å². The van der Waals surface area contributed by atoms with Crippen molar-refractivity contribution in [3.05, 3.63) is 35.9 Å². The van der Waals surface area contributed by atoms with Crippen LogP contribution >= 0.6 is 0 Å². The number of carbonyl (C=O) groups excluding carboxylic acids is 3. The van der Waals surface area contributed by atoms with Crippen molar-refractivity contribution < 1.29 is 19.1 Å². The van der Waals surface area contributed by atoms with Gasteiger partial charge in [-0.1, -0.05) is 43.2 Å². The molecule has 0 aromatic heterocycles. The van der Waals surface area contributed by atoms with Crippen molar-refractivity contribution in [1.29, 1.82) is 0 Å². The van der Waals surface area contributed by atoms with Crippen LogP contribution in [0, 0.1) is 5.41 Å². The molecule has 5 nitrogen and oxygen atoms in total. The number of carbonyl (C=O) groups is 3. The average molecular weight is 329 g/mol. The van der Waals surface area contributed by atoms with Gasteiger partial charge in [-0.3, -0.25) is 14.5 Å². The smallest absolute Gasteiger partial charge is 0.329 e. The van der Waals surface area contributed by atoms with E-state index in [9.17, 15) is 14.4 Å². The first-order valence-electron chi connectivity index (χ1n) is 8.51. The van der Waals surface area contributed by atoms with Gasteiger partial charge in [0.15, 0.2) is 0 Å². The lowest BCUT2D eigenvalue weighted by molar-refractivity contribution is -0.165. The number of hydrogen-bond donors (Lipinski definition) is 0. The molecule has 0 radical (unpaired) electrons. The van der Waals surface area contributed by atoms with Gasteiger partial charge in [0.2, 0.25) is 11.8 Å². The third kappa shape index (κ3) is 3.21. The van der Waals surface area contributed by atoms with Crippen molar-refractivity contribution in [2.45, 2.75) is 51.0 Å². The van der Waals surface area contributed by atoms with E-state index >= 15 is 0 Å². The van der Waals surface area contributed by atoms with E-state index in [0.29, 0.717) is 12.8 Å². The fourth-order valence-corrected chi connectivity index (χ4v) is 4.09. The molecule has 24 heavy (non-hydrogen) atoms. The second-order valence-electron chi connectivity index (χ2n) is 6.95. The Labute approximate surface area is 142 Å². The molecule has 1 aliphatic heterocycles. The van der Waals surface area contributed by atoms with E-state index in [4.69, 9.17) is 4.74 Å². The van der Waals surface area contributed by atoms with Crippen LogP contribution in [-0.4, -0.2) is 35.8 Å². The normalized spacial score (nSPS) is 21.1. The Hall–Kier alpha value is -2.17. The average Bonchev–Trinajstić information content (AvgIpc) is 3.01. The highest BCUT2D eigenvalue weighted by Gasteiger charge is 2.48. The molecule has 2 amide bonds. The Kier molecular flexibility index (Phi) is 4.69. The summed E-state index contributed by atoms with van der Waals surface area (Å²) in [5, 5.41) is 0. The van der Waals surface area contributed by atoms with Crippen molar-refractivity contribution in [2.24, 2.45) is 5.41 Å². The van der Waals surface area contributed by atoms with Gasteiger partial charge in [0.05, 0.1) is 7.11 Å². The molecular formula is C19H23NO4. The number of hydrogen-bond acceptors (Lipinski definition) is 4. The van der Waals surface area contributed by atoms with Gasteiger partial charge in [0, 0.05) is 19.3 Å². The minimum Gasteiger partial charge on any atom is -0.467 e. The van der Waals surface area contributed by atoms with Crippen LogP contribution in [0.1, 0.15) is 44.1 Å². The summed E-state index contributed by atoms with van der Waals surface area (Å²) in [6.45, 7) is 0. The van der Waals surface area contributed by atoms with E-state index in [1.54, 1.807) is 0 Å². The lowest BCUT2D eigenvalue weighted by Gasteiger charge is -2.39. The summed E-state index contributed by atoms with van der Waals surface area (Å²) >= 11 is 0. The molecule has 1 aromatic rings. The molecule has 3 rings (SSSR count). The molecule has 0 N–H and O–H groups in total. The van der Waals surface area contributed by atoms with E-state index in [1.165, 1.54) is 7.11 Å². The summed E-state index contributed by atoms with van der Waals surface area (Å²) in [5.74, 6) is -1.01. The molecule has 1 unspecified atom stereocenters. The summed E-state index contributed by atoms with van der Waals surface area (Å²) in [7, 11) is 1.29. The van der Waals surface area contributed by atoms with E-state index in [-0.39, 0.29) is 23.7 Å². The van der Waals surface area contributed by atoms with Gasteiger partial charge in [-0.25, -0.2) is 4.79 Å². The number of likely N-dealkylation sites (tertiary alicyclic amines) is 1. The zero-order valence-electron chi connectivity index (χ0n) is 14.0. The van der Waals surface area contributed by atoms with Crippen molar-refractivity contribution in [3.8, 4) is 0 Å². The molecule has 1 spiro atoms. The summed E-state index contributed by atoms with van der Waals surface area (Å²) in [5.41, 5.74) is 0.729. The summed E-state index contributed by atoms with van der Waals surface area (Å²) in [6.07, 6.45) is 5.02. The predicted molar refractivity (Wildman–Crippen MR) is 87.9 cm³/mol. The molecule has 1 aromatic carbocycles. The highest BCUT2D eigenvalue weighted by molar-refractivity contribution is 6.02. The van der Waals surface area contributed by atoms with E-state index in [1.807, 2.05) is 30.3 Å². The highest BCUT2D eigenvalue weighted by atomic mass is 16.5. The molecule has 2 fully saturated rings. The van der Waals surface area contributed by atoms with Gasteiger partial charge in [-0.15, -0.1) is 0 Å². The lowest BCUT2D eigenvalue weighted by atomic mass is 9.76. The molecule has 2 aliphatic rings. The summed E-state index contributed by atoms with van der Waals surface area (Å²) < 4.78 is 4.87. The zero-order chi connectivity index (χ0) is 17.2. The van der Waals surface area contributed by atoms with Gasteiger partial charge in [0.1, 0.15) is 6.04 Å². The Bertz CT molecular complexity index is 614. The summed E-state index contributed by atoms with van der Waals surface area (Å²) in [6, 6.07) is 8.52. The van der Waals surface area contributed by atoms with Crippen molar-refractivity contribution in [2.75, 3.05) is 7.11 Å². The van der Waals surface area contributed by atoms with Crippen LogP contribution in [0.25, 0.3) is 0 Å². The number of nitrogens with zero attached hydrogens (tertiary/aromatic N) is 1. The number of amides is 2. The largest absolute Gasteiger partial charge is 0.467 e. The first-order chi connectivity index (χ1) is 11.5. The Balaban J connectivity index is 1.83. The van der Waals surface area contributed by atoms with E-state index in [2.05, 4.69) is 0 Å². The second-order valence-corrected chi connectivity index (χ2v) is 6.95. The zero-order valence-corrected chi connectivity index (χ0v) is 14.0. The minimum absolute atomic E-state index is 0.169. The van der Waals surface area contributed by atoms with Crippen LogP contribution in [0.4, 0.5) is 0 Å². The monoisotopic (exact) mass is 329 g/mol. The van der Waals surface area contributed by atoms with Crippen LogP contribution in [0.15, 0.2) is 30.3 Å². The second kappa shape index (κ2) is 6.75. The van der Waals surface area contributed by atoms with E-state index in [0.717, 1.165) is 36.1 Å². The molecule has 0 bridgehead atoms. The fraction of sp³-hybridized carbons (Fsp3) is 0.526. The number of methoxy groups -OCH3 is 1. The third-order valence-electron chi connectivity index (χ3n) is 5.31. The van der Waals surface area contributed by atoms with Crippen LogP contribution in [0.2, 0.25) is 0 Å². The molecule has 1 aliphatic carbocycles. The number of rotatable bonds is 4. The molecular weight excluding hydrogens is 306 g/mol. The fourth-order valence-electron chi connectivity index (χ4n) is 4.09. The quantitative estimate of drug-likeness (QED) is 0.629. The van der Waals surface area contributed by atoms with Gasteiger partial charge in [-0.2, -0.15) is 0 Å². The molecule has 1 saturated carbocycles. The van der Waals surface area contributed by atoms with Gasteiger partial charge in [0.25, 0.3) is 0 Å². The van der Waals surface area contributed by atoms with Crippen molar-refractivity contribution in [3.63, 3.8) is 0 Å². The minimum atomic E-state index is -0.879. The van der Waals surface area contributed by atoms with Crippen molar-refractivity contribution >= 4 is 17.8 Å². The number of imide groups is 1. The lowest BCUT2D eigenvalue weighted by Crippen LogP contribution is -2.55. The van der Waals surface area contributed by atoms with Crippen LogP contribution in [0.3, 0.4) is 0 Å². The number of piperidine rings is 1. The standard InChI is InChI=1S/C19H23NO4/c1-24-18(23)15(11-14-7-3-2-4-8-14)20-16(21)12-19(13-17(20)22)9-5-6-10-19/h2-4,7-8,15H,5-6,9-13H2,1H3. The van der Waals surface area contributed by atoms with E-state index < -0.39 is 12.0 Å². The SMILES string of the molecule is COC(=O)C(Cc1ccccc1)N1C(=O)CC2(CCCC2)CC1=O.